The summed E-state index contributed by atoms with van der Waals surface area (Å²) in [4.78, 5) is 25.1. The minimum atomic E-state index is -0.293. The van der Waals surface area contributed by atoms with Crippen LogP contribution >= 0.6 is 0 Å². The highest BCUT2D eigenvalue weighted by Gasteiger charge is 2.22. The number of methoxy groups -OCH3 is 1. The van der Waals surface area contributed by atoms with E-state index in [2.05, 4.69) is 15.8 Å². The molecular weight excluding hydrogens is 370 g/mol. The first kappa shape index (κ1) is 20.1. The molecule has 3 aromatic rings. The topological polar surface area (TPSA) is 93.5 Å². The van der Waals surface area contributed by atoms with Crippen LogP contribution in [0.1, 0.15) is 51.9 Å². The van der Waals surface area contributed by atoms with Gasteiger partial charge in [0, 0.05) is 17.2 Å². The number of hydrogen-bond donors (Lipinski definition) is 2. The Kier molecular flexibility index (Phi) is 5.97. The van der Waals surface area contributed by atoms with E-state index in [0.717, 1.165) is 0 Å². The van der Waals surface area contributed by atoms with Gasteiger partial charge in [0.1, 0.15) is 11.3 Å². The van der Waals surface area contributed by atoms with Crippen LogP contribution in [0.4, 0.5) is 11.4 Å². The maximum atomic E-state index is 12.6. The summed E-state index contributed by atoms with van der Waals surface area (Å²) in [5, 5.41) is 9.53. The van der Waals surface area contributed by atoms with Gasteiger partial charge in [0.25, 0.3) is 11.8 Å². The summed E-state index contributed by atoms with van der Waals surface area (Å²) in [6.07, 6.45) is 0. The molecule has 2 amide bonds. The number of para-hydroxylation sites is 2. The molecular formula is C22H23N3O4. The van der Waals surface area contributed by atoms with Crippen LogP contribution in [0.25, 0.3) is 0 Å². The Hall–Kier alpha value is -3.61. The van der Waals surface area contributed by atoms with Crippen LogP contribution in [0.3, 0.4) is 0 Å². The molecule has 0 atom stereocenters. The average Bonchev–Trinajstić information content (AvgIpc) is 3.11. The summed E-state index contributed by atoms with van der Waals surface area (Å²) >= 11 is 0. The first-order valence-corrected chi connectivity index (χ1v) is 9.22. The van der Waals surface area contributed by atoms with E-state index >= 15 is 0 Å². The Balaban J connectivity index is 1.71. The van der Waals surface area contributed by atoms with Crippen molar-refractivity contribution in [2.24, 2.45) is 0 Å². The summed E-state index contributed by atoms with van der Waals surface area (Å²) in [6, 6.07) is 13.8. The van der Waals surface area contributed by atoms with E-state index in [1.165, 1.54) is 0 Å². The van der Waals surface area contributed by atoms with Gasteiger partial charge < -0.3 is 19.9 Å². The van der Waals surface area contributed by atoms with Gasteiger partial charge in [0.05, 0.1) is 18.5 Å². The van der Waals surface area contributed by atoms with Crippen molar-refractivity contribution >= 4 is 23.2 Å². The third kappa shape index (κ3) is 4.45. The lowest BCUT2D eigenvalue weighted by atomic mass is 10.0. The number of hydrogen-bond acceptors (Lipinski definition) is 5. The number of benzene rings is 2. The first-order valence-electron chi connectivity index (χ1n) is 9.22. The fourth-order valence-electron chi connectivity index (χ4n) is 2.90. The van der Waals surface area contributed by atoms with Gasteiger partial charge in [0.2, 0.25) is 0 Å². The lowest BCUT2D eigenvalue weighted by Gasteiger charge is -2.10. The molecule has 0 saturated carbocycles. The highest BCUT2D eigenvalue weighted by atomic mass is 16.5. The maximum Gasteiger partial charge on any atom is 0.261 e. The van der Waals surface area contributed by atoms with Crippen LogP contribution in [-0.2, 0) is 0 Å². The molecule has 2 N–H and O–H groups in total. The minimum absolute atomic E-state index is 0.0398. The Bertz CT molecular complexity index is 1020. The molecule has 0 unspecified atom stereocenters. The van der Waals surface area contributed by atoms with Crippen molar-refractivity contribution < 1.29 is 18.8 Å². The second kappa shape index (κ2) is 8.60. The van der Waals surface area contributed by atoms with Gasteiger partial charge in [0.15, 0.2) is 5.76 Å². The third-order valence-electron chi connectivity index (χ3n) is 4.40. The Morgan fingerprint density at radius 1 is 1.00 bits per heavy atom. The summed E-state index contributed by atoms with van der Waals surface area (Å²) < 4.78 is 10.5. The van der Waals surface area contributed by atoms with Crippen molar-refractivity contribution in [3.63, 3.8) is 0 Å². The van der Waals surface area contributed by atoms with Crippen LogP contribution in [0.2, 0.25) is 0 Å². The molecule has 3 rings (SSSR count). The number of amides is 2. The van der Waals surface area contributed by atoms with Crippen LogP contribution in [0, 0.1) is 6.92 Å². The first-order chi connectivity index (χ1) is 13.9. The Morgan fingerprint density at radius 3 is 2.34 bits per heavy atom. The molecule has 29 heavy (non-hydrogen) atoms. The van der Waals surface area contributed by atoms with Gasteiger partial charge in [-0.05, 0) is 43.3 Å². The summed E-state index contributed by atoms with van der Waals surface area (Å²) in [5.74, 6) is 0.601. The van der Waals surface area contributed by atoms with Crippen LogP contribution < -0.4 is 15.4 Å². The van der Waals surface area contributed by atoms with E-state index in [4.69, 9.17) is 9.26 Å². The molecule has 150 valence electrons. The second-order valence-corrected chi connectivity index (χ2v) is 6.85. The third-order valence-corrected chi connectivity index (χ3v) is 4.40. The summed E-state index contributed by atoms with van der Waals surface area (Å²) in [5.41, 5.74) is 2.59. The minimum Gasteiger partial charge on any atom is -0.495 e. The highest BCUT2D eigenvalue weighted by Crippen LogP contribution is 2.25. The molecule has 7 nitrogen and oxygen atoms in total. The Morgan fingerprint density at radius 2 is 1.69 bits per heavy atom. The number of carbonyl (C=O) groups is 2. The van der Waals surface area contributed by atoms with E-state index < -0.39 is 0 Å². The number of rotatable bonds is 6. The van der Waals surface area contributed by atoms with Gasteiger partial charge in [-0.15, -0.1) is 0 Å². The van der Waals surface area contributed by atoms with E-state index in [9.17, 15) is 9.59 Å². The van der Waals surface area contributed by atoms with Crippen molar-refractivity contribution in [1.29, 1.82) is 0 Å². The van der Waals surface area contributed by atoms with Crippen LogP contribution in [-0.4, -0.2) is 24.1 Å². The Labute approximate surface area is 169 Å². The van der Waals surface area contributed by atoms with E-state index in [0.29, 0.717) is 39.7 Å². The second-order valence-electron chi connectivity index (χ2n) is 6.85. The van der Waals surface area contributed by atoms with Crippen molar-refractivity contribution in [3.05, 3.63) is 71.1 Å². The zero-order chi connectivity index (χ0) is 21.0. The van der Waals surface area contributed by atoms with Crippen molar-refractivity contribution in [2.45, 2.75) is 26.7 Å². The highest BCUT2D eigenvalue weighted by molar-refractivity contribution is 6.07. The molecule has 1 heterocycles. The molecule has 0 aliphatic carbocycles. The molecule has 7 heteroatoms. The molecule has 0 radical (unpaired) electrons. The fraction of sp³-hybridized carbons (Fsp3) is 0.227. The number of anilines is 2. The lowest BCUT2D eigenvalue weighted by Crippen LogP contribution is -2.15. The SMILES string of the molecule is COc1ccccc1NC(=O)c1ccc(NC(=O)c2c(C)noc2C(C)C)cc1. The number of aromatic nitrogens is 1. The van der Waals surface area contributed by atoms with Gasteiger partial charge in [-0.25, -0.2) is 0 Å². The number of nitrogens with one attached hydrogen (secondary N) is 2. The zero-order valence-corrected chi connectivity index (χ0v) is 16.8. The number of ether oxygens (including phenoxy) is 1. The standard InChI is InChI=1S/C22H23N3O4/c1-13(2)20-19(14(3)25-29-20)22(27)23-16-11-9-15(10-12-16)21(26)24-17-7-5-6-8-18(17)28-4/h5-13H,1-4H3,(H,23,27)(H,24,26). The van der Waals surface area contributed by atoms with Gasteiger partial charge in [-0.2, -0.15) is 0 Å². The number of carbonyl (C=O) groups excluding carboxylic acids is 2. The zero-order valence-electron chi connectivity index (χ0n) is 16.8. The fourth-order valence-corrected chi connectivity index (χ4v) is 2.90. The quantitative estimate of drug-likeness (QED) is 0.637. The van der Waals surface area contributed by atoms with E-state index in [1.807, 2.05) is 26.0 Å². The molecule has 1 aromatic heterocycles. The average molecular weight is 393 g/mol. The predicted molar refractivity (Wildman–Crippen MR) is 111 cm³/mol. The van der Waals surface area contributed by atoms with Crippen molar-refractivity contribution in [3.8, 4) is 5.75 Å². The normalized spacial score (nSPS) is 10.7. The largest absolute Gasteiger partial charge is 0.495 e. The molecule has 0 aliphatic heterocycles. The molecule has 0 spiro atoms. The maximum absolute atomic E-state index is 12.6. The van der Waals surface area contributed by atoms with Crippen molar-refractivity contribution in [1.82, 2.24) is 5.16 Å². The molecule has 0 fully saturated rings. The smallest absolute Gasteiger partial charge is 0.261 e. The number of aryl methyl sites for hydroxylation is 1. The summed E-state index contributed by atoms with van der Waals surface area (Å²) in [6.45, 7) is 5.60. The van der Waals surface area contributed by atoms with E-state index in [-0.39, 0.29) is 17.7 Å². The molecule has 0 bridgehead atoms. The summed E-state index contributed by atoms with van der Waals surface area (Å²) in [7, 11) is 1.55. The van der Waals surface area contributed by atoms with Gasteiger partial charge in [-0.3, -0.25) is 9.59 Å². The monoisotopic (exact) mass is 393 g/mol. The lowest BCUT2D eigenvalue weighted by molar-refractivity contribution is 0.101. The molecule has 0 aliphatic rings. The molecule has 0 saturated heterocycles. The van der Waals surface area contributed by atoms with Gasteiger partial charge in [-0.1, -0.05) is 31.1 Å². The predicted octanol–water partition coefficient (Wildman–Crippen LogP) is 4.62. The van der Waals surface area contributed by atoms with Gasteiger partial charge >= 0.3 is 0 Å². The van der Waals surface area contributed by atoms with Crippen LogP contribution in [0.15, 0.2) is 53.1 Å². The van der Waals surface area contributed by atoms with Crippen LogP contribution in [0.5, 0.6) is 5.75 Å². The van der Waals surface area contributed by atoms with E-state index in [1.54, 1.807) is 50.4 Å². The van der Waals surface area contributed by atoms with Crippen molar-refractivity contribution in [2.75, 3.05) is 17.7 Å². The molecule has 2 aromatic carbocycles. The number of nitrogens with zero attached hydrogens (tertiary/aromatic N) is 1.